The molecule has 0 amide bonds. The highest BCUT2D eigenvalue weighted by molar-refractivity contribution is 6.31. The molecule has 0 bridgehead atoms. The van der Waals surface area contributed by atoms with Crippen LogP contribution in [0.2, 0.25) is 5.02 Å². The van der Waals surface area contributed by atoms with Crippen molar-refractivity contribution in [3.05, 3.63) is 83.3 Å². The van der Waals surface area contributed by atoms with Crippen molar-refractivity contribution in [3.8, 4) is 22.5 Å². The van der Waals surface area contributed by atoms with Gasteiger partial charge in [-0.3, -0.25) is 0 Å². The fourth-order valence-corrected chi connectivity index (χ4v) is 3.30. The van der Waals surface area contributed by atoms with E-state index in [1.165, 1.54) is 18.5 Å². The lowest BCUT2D eigenvalue weighted by molar-refractivity contribution is -0.137. The molecule has 0 fully saturated rings. The summed E-state index contributed by atoms with van der Waals surface area (Å²) in [5.74, 6) is 0.646. The maximum Gasteiger partial charge on any atom is 0.417 e. The van der Waals surface area contributed by atoms with E-state index in [1.807, 2.05) is 30.3 Å². The Morgan fingerprint density at radius 3 is 2.47 bits per heavy atom. The number of halogens is 4. The Morgan fingerprint density at radius 2 is 1.75 bits per heavy atom. The minimum Gasteiger partial charge on any atom is -0.383 e. The third kappa shape index (κ3) is 4.90. The van der Waals surface area contributed by atoms with E-state index in [4.69, 9.17) is 16.1 Å². The van der Waals surface area contributed by atoms with Crippen LogP contribution in [0, 0.1) is 0 Å². The molecule has 2 aromatic carbocycles. The van der Waals surface area contributed by atoms with Crippen molar-refractivity contribution >= 4 is 17.4 Å². The molecule has 10 heteroatoms. The second-order valence-electron chi connectivity index (χ2n) is 6.86. The predicted molar refractivity (Wildman–Crippen MR) is 113 cm³/mol. The summed E-state index contributed by atoms with van der Waals surface area (Å²) < 4.78 is 44.0. The summed E-state index contributed by atoms with van der Waals surface area (Å²) in [5, 5.41) is 16.9. The zero-order chi connectivity index (χ0) is 22.7. The maximum absolute atomic E-state index is 12.9. The Labute approximate surface area is 185 Å². The number of aliphatic hydroxyl groups is 1. The summed E-state index contributed by atoms with van der Waals surface area (Å²) in [6, 6.07) is 16.0. The monoisotopic (exact) mass is 460 g/mol. The molecule has 0 saturated heterocycles. The third-order valence-electron chi connectivity index (χ3n) is 4.64. The molecule has 1 atom stereocenters. The molecule has 2 aromatic heterocycles. The number of anilines is 1. The number of aliphatic hydroxyl groups excluding tert-OH is 1. The van der Waals surface area contributed by atoms with E-state index in [2.05, 4.69) is 20.4 Å². The normalized spacial score (nSPS) is 12.5. The van der Waals surface area contributed by atoms with Crippen LogP contribution in [0.15, 0.2) is 71.5 Å². The fourth-order valence-electron chi connectivity index (χ4n) is 3.01. The molecule has 0 spiro atoms. The summed E-state index contributed by atoms with van der Waals surface area (Å²) >= 11 is 5.79. The average molecular weight is 461 g/mol. The van der Waals surface area contributed by atoms with E-state index < -0.39 is 22.9 Å². The summed E-state index contributed by atoms with van der Waals surface area (Å²) in [5.41, 5.74) is 1.32. The smallest absolute Gasteiger partial charge is 0.383 e. The molecular formula is C22H16ClF3N4O2. The first-order valence-electron chi connectivity index (χ1n) is 9.44. The second kappa shape index (κ2) is 8.97. The summed E-state index contributed by atoms with van der Waals surface area (Å²) in [4.78, 5) is 8.15. The molecule has 1 unspecified atom stereocenters. The Morgan fingerprint density at radius 1 is 0.969 bits per heavy atom. The van der Waals surface area contributed by atoms with Crippen molar-refractivity contribution in [2.75, 3.05) is 11.9 Å². The number of nitrogens with one attached hydrogen (secondary N) is 1. The highest BCUT2D eigenvalue weighted by Crippen LogP contribution is 2.36. The van der Waals surface area contributed by atoms with Crippen LogP contribution in [-0.2, 0) is 6.18 Å². The van der Waals surface area contributed by atoms with Gasteiger partial charge in [0, 0.05) is 29.8 Å². The number of aromatic nitrogens is 3. The molecule has 4 aromatic rings. The van der Waals surface area contributed by atoms with Gasteiger partial charge < -0.3 is 14.9 Å². The van der Waals surface area contributed by atoms with Crippen LogP contribution in [0.4, 0.5) is 19.0 Å². The molecule has 4 rings (SSSR count). The Balaban J connectivity index is 1.45. The van der Waals surface area contributed by atoms with Gasteiger partial charge in [0.25, 0.3) is 0 Å². The molecule has 2 N–H and O–H groups in total. The maximum atomic E-state index is 12.9. The van der Waals surface area contributed by atoms with Crippen molar-refractivity contribution in [2.45, 2.75) is 12.3 Å². The van der Waals surface area contributed by atoms with E-state index in [-0.39, 0.29) is 12.3 Å². The second-order valence-corrected chi connectivity index (χ2v) is 7.27. The predicted octanol–water partition coefficient (Wildman–Crippen LogP) is 5.62. The van der Waals surface area contributed by atoms with E-state index in [0.29, 0.717) is 22.8 Å². The molecule has 0 saturated carbocycles. The number of hydrogen-bond acceptors (Lipinski definition) is 6. The molecule has 164 valence electrons. The van der Waals surface area contributed by atoms with Gasteiger partial charge in [0.05, 0.1) is 16.3 Å². The summed E-state index contributed by atoms with van der Waals surface area (Å²) in [6.45, 7) is 0.0631. The Bertz CT molecular complexity index is 1220. The van der Waals surface area contributed by atoms with Crippen LogP contribution in [0.1, 0.15) is 17.4 Å². The van der Waals surface area contributed by atoms with Gasteiger partial charge in [0.15, 0.2) is 5.76 Å². The van der Waals surface area contributed by atoms with Crippen molar-refractivity contribution in [2.24, 2.45) is 0 Å². The highest BCUT2D eigenvalue weighted by Gasteiger charge is 2.33. The van der Waals surface area contributed by atoms with Crippen molar-refractivity contribution in [1.29, 1.82) is 0 Å². The zero-order valence-corrected chi connectivity index (χ0v) is 17.1. The summed E-state index contributed by atoms with van der Waals surface area (Å²) in [7, 11) is 0. The largest absolute Gasteiger partial charge is 0.417 e. The van der Waals surface area contributed by atoms with Gasteiger partial charge in [-0.05, 0) is 12.1 Å². The third-order valence-corrected chi connectivity index (χ3v) is 4.95. The van der Waals surface area contributed by atoms with Crippen LogP contribution >= 0.6 is 11.6 Å². The molecule has 32 heavy (non-hydrogen) atoms. The van der Waals surface area contributed by atoms with Crippen LogP contribution in [0.25, 0.3) is 22.5 Å². The molecule has 0 aliphatic carbocycles. The van der Waals surface area contributed by atoms with E-state index >= 15 is 0 Å². The van der Waals surface area contributed by atoms with Gasteiger partial charge in [-0.15, -0.1) is 0 Å². The standard InChI is InChI=1S/C22H16ClF3N4O2/c23-16-8-14(6-7-15(16)22(24,25)26)17-10-21(29-12-28-17)27-11-19(31)20-9-18(30-32-20)13-4-2-1-3-5-13/h1-10,12,19,31H,11H2,(H,27,28,29). The van der Waals surface area contributed by atoms with E-state index in [0.717, 1.165) is 11.6 Å². The zero-order valence-electron chi connectivity index (χ0n) is 16.3. The number of nitrogens with zero attached hydrogens (tertiary/aromatic N) is 3. The number of benzene rings is 2. The molecular weight excluding hydrogens is 445 g/mol. The van der Waals surface area contributed by atoms with Gasteiger partial charge in [-0.2, -0.15) is 13.2 Å². The Kier molecular flexibility index (Phi) is 6.11. The van der Waals surface area contributed by atoms with E-state index in [1.54, 1.807) is 12.1 Å². The minimum absolute atomic E-state index is 0.0631. The van der Waals surface area contributed by atoms with Crippen molar-refractivity contribution in [3.63, 3.8) is 0 Å². The van der Waals surface area contributed by atoms with Gasteiger partial charge in [0.1, 0.15) is 23.9 Å². The van der Waals surface area contributed by atoms with Gasteiger partial charge in [-0.1, -0.05) is 53.2 Å². The van der Waals surface area contributed by atoms with Crippen LogP contribution < -0.4 is 5.32 Å². The molecule has 6 nitrogen and oxygen atoms in total. The van der Waals surface area contributed by atoms with Crippen LogP contribution in [-0.4, -0.2) is 26.8 Å². The quantitative estimate of drug-likeness (QED) is 0.389. The highest BCUT2D eigenvalue weighted by atomic mass is 35.5. The summed E-state index contributed by atoms with van der Waals surface area (Å²) in [6.07, 6.45) is -4.28. The lowest BCUT2D eigenvalue weighted by Gasteiger charge is -2.12. The lowest BCUT2D eigenvalue weighted by atomic mass is 10.1. The lowest BCUT2D eigenvalue weighted by Crippen LogP contribution is -2.12. The Hall–Kier alpha value is -3.43. The van der Waals surface area contributed by atoms with Crippen molar-refractivity contribution < 1.29 is 22.8 Å². The molecule has 0 aliphatic heterocycles. The first-order valence-corrected chi connectivity index (χ1v) is 9.82. The van der Waals surface area contributed by atoms with Gasteiger partial charge >= 0.3 is 6.18 Å². The first kappa shape index (κ1) is 21.8. The number of alkyl halides is 3. The van der Waals surface area contributed by atoms with Gasteiger partial charge in [-0.25, -0.2) is 9.97 Å². The molecule has 0 radical (unpaired) electrons. The average Bonchev–Trinajstić information content (AvgIpc) is 3.28. The topological polar surface area (TPSA) is 84.1 Å². The SMILES string of the molecule is OC(CNc1cc(-c2ccc(C(F)(F)F)c(Cl)c2)ncn1)c1cc(-c2ccccc2)no1. The number of hydrogen-bond donors (Lipinski definition) is 2. The first-order chi connectivity index (χ1) is 15.3. The van der Waals surface area contributed by atoms with Crippen molar-refractivity contribution in [1.82, 2.24) is 15.1 Å². The minimum atomic E-state index is -4.54. The van der Waals surface area contributed by atoms with Crippen LogP contribution in [0.5, 0.6) is 0 Å². The van der Waals surface area contributed by atoms with Crippen LogP contribution in [0.3, 0.4) is 0 Å². The fraction of sp³-hybridized carbons (Fsp3) is 0.136. The molecule has 2 heterocycles. The number of rotatable bonds is 6. The van der Waals surface area contributed by atoms with E-state index in [9.17, 15) is 18.3 Å². The molecule has 0 aliphatic rings. The van der Waals surface area contributed by atoms with Gasteiger partial charge in [0.2, 0.25) is 0 Å².